The lowest BCUT2D eigenvalue weighted by atomic mass is 10.1. The fourth-order valence-corrected chi connectivity index (χ4v) is 2.76. The van der Waals surface area contributed by atoms with Gasteiger partial charge in [0.25, 0.3) is 5.91 Å². The zero-order valence-corrected chi connectivity index (χ0v) is 14.8. The van der Waals surface area contributed by atoms with Crippen molar-refractivity contribution < 1.29 is 13.9 Å². The van der Waals surface area contributed by atoms with Crippen LogP contribution in [0.3, 0.4) is 0 Å². The van der Waals surface area contributed by atoms with Crippen LogP contribution in [0.15, 0.2) is 71.3 Å². The van der Waals surface area contributed by atoms with Crippen molar-refractivity contribution in [3.63, 3.8) is 0 Å². The van der Waals surface area contributed by atoms with Gasteiger partial charge in [0.05, 0.1) is 6.07 Å². The smallest absolute Gasteiger partial charge is 0.292 e. The normalized spacial score (nSPS) is 10.5. The van der Waals surface area contributed by atoms with Crippen LogP contribution in [-0.4, -0.2) is 15.7 Å². The lowest BCUT2D eigenvalue weighted by Gasteiger charge is -2.05. The standard InChI is InChI=1S/C21H16N4O3/c22-10-12-25-11-9-20(24-25)23-21(26)19-8-7-18(28-19)14-27-17-6-5-15-3-1-2-4-16(15)13-17/h1-9,11,13H,12,14H2,(H,23,24,26). The first-order valence-corrected chi connectivity index (χ1v) is 8.63. The van der Waals surface area contributed by atoms with Gasteiger partial charge in [-0.1, -0.05) is 30.3 Å². The number of hydrogen-bond donors (Lipinski definition) is 1. The second-order valence-corrected chi connectivity index (χ2v) is 6.07. The van der Waals surface area contributed by atoms with Gasteiger partial charge in [-0.3, -0.25) is 9.48 Å². The highest BCUT2D eigenvalue weighted by atomic mass is 16.5. The Balaban J connectivity index is 1.37. The minimum Gasteiger partial charge on any atom is -0.486 e. The van der Waals surface area contributed by atoms with Crippen molar-refractivity contribution in [1.82, 2.24) is 9.78 Å². The van der Waals surface area contributed by atoms with E-state index in [2.05, 4.69) is 10.4 Å². The Labute approximate surface area is 160 Å². The van der Waals surface area contributed by atoms with Crippen molar-refractivity contribution in [2.24, 2.45) is 0 Å². The van der Waals surface area contributed by atoms with Gasteiger partial charge in [0.2, 0.25) is 0 Å². The van der Waals surface area contributed by atoms with E-state index in [1.165, 1.54) is 4.68 Å². The van der Waals surface area contributed by atoms with Crippen LogP contribution < -0.4 is 10.1 Å². The van der Waals surface area contributed by atoms with Gasteiger partial charge in [-0.2, -0.15) is 10.4 Å². The number of fused-ring (bicyclic) bond motifs is 1. The Morgan fingerprint density at radius 3 is 2.86 bits per heavy atom. The molecule has 7 nitrogen and oxygen atoms in total. The van der Waals surface area contributed by atoms with Gasteiger partial charge in [0.15, 0.2) is 11.6 Å². The van der Waals surface area contributed by atoms with Crippen molar-refractivity contribution in [3.05, 3.63) is 78.4 Å². The minimum atomic E-state index is -0.417. The number of nitriles is 1. The van der Waals surface area contributed by atoms with Gasteiger partial charge in [-0.15, -0.1) is 0 Å². The number of aromatic nitrogens is 2. The van der Waals surface area contributed by atoms with Gasteiger partial charge in [0.1, 0.15) is 24.7 Å². The average molecular weight is 372 g/mol. The summed E-state index contributed by atoms with van der Waals surface area (Å²) in [5.41, 5.74) is 0. The van der Waals surface area contributed by atoms with Crippen molar-refractivity contribution in [3.8, 4) is 11.8 Å². The molecule has 0 fully saturated rings. The van der Waals surface area contributed by atoms with E-state index in [0.717, 1.165) is 16.5 Å². The molecule has 0 spiro atoms. The predicted octanol–water partition coefficient (Wildman–Crippen LogP) is 3.98. The molecule has 2 aromatic heterocycles. The van der Waals surface area contributed by atoms with E-state index in [1.807, 2.05) is 48.5 Å². The quantitative estimate of drug-likeness (QED) is 0.552. The zero-order chi connectivity index (χ0) is 19.3. The molecule has 0 aliphatic rings. The molecule has 1 N–H and O–H groups in total. The molecule has 138 valence electrons. The van der Waals surface area contributed by atoms with Crippen LogP contribution in [0.1, 0.15) is 16.3 Å². The summed E-state index contributed by atoms with van der Waals surface area (Å²) in [6, 6.07) is 20.8. The highest BCUT2D eigenvalue weighted by Crippen LogP contribution is 2.22. The van der Waals surface area contributed by atoms with E-state index in [9.17, 15) is 4.79 Å². The molecule has 0 atom stereocenters. The van der Waals surface area contributed by atoms with Crippen molar-refractivity contribution in [2.45, 2.75) is 13.2 Å². The topological polar surface area (TPSA) is 93.1 Å². The number of hydrogen-bond acceptors (Lipinski definition) is 5. The summed E-state index contributed by atoms with van der Waals surface area (Å²) in [5.74, 6) is 1.36. The molecule has 0 aliphatic heterocycles. The van der Waals surface area contributed by atoms with E-state index in [1.54, 1.807) is 24.4 Å². The summed E-state index contributed by atoms with van der Waals surface area (Å²) in [6.07, 6.45) is 1.61. The monoisotopic (exact) mass is 372 g/mol. The molecule has 0 bridgehead atoms. The number of anilines is 1. The van der Waals surface area contributed by atoms with Crippen molar-refractivity contribution in [1.29, 1.82) is 5.26 Å². The van der Waals surface area contributed by atoms with Crippen LogP contribution >= 0.6 is 0 Å². The number of nitrogens with one attached hydrogen (secondary N) is 1. The molecule has 0 saturated carbocycles. The molecule has 2 heterocycles. The molecule has 0 radical (unpaired) electrons. The maximum Gasteiger partial charge on any atom is 0.292 e. The molecule has 1 amide bonds. The first-order chi connectivity index (χ1) is 13.7. The third-order valence-electron chi connectivity index (χ3n) is 4.10. The average Bonchev–Trinajstić information content (AvgIpc) is 3.36. The summed E-state index contributed by atoms with van der Waals surface area (Å²) in [6.45, 7) is 0.329. The Kier molecular flexibility index (Phi) is 4.76. The van der Waals surface area contributed by atoms with Crippen LogP contribution in [0.4, 0.5) is 5.82 Å². The van der Waals surface area contributed by atoms with Crippen molar-refractivity contribution >= 4 is 22.5 Å². The molecule has 7 heteroatoms. The van der Waals surface area contributed by atoms with Crippen LogP contribution in [0.5, 0.6) is 5.75 Å². The van der Waals surface area contributed by atoms with Gasteiger partial charge >= 0.3 is 0 Å². The summed E-state index contributed by atoms with van der Waals surface area (Å²) in [7, 11) is 0. The number of ether oxygens (including phenoxy) is 1. The number of rotatable bonds is 6. The molecule has 2 aromatic carbocycles. The summed E-state index contributed by atoms with van der Waals surface area (Å²) in [5, 5.41) is 17.6. The lowest BCUT2D eigenvalue weighted by Crippen LogP contribution is -2.11. The summed E-state index contributed by atoms with van der Waals surface area (Å²) >= 11 is 0. The fraction of sp³-hybridized carbons (Fsp3) is 0.0952. The van der Waals surface area contributed by atoms with Gasteiger partial charge in [-0.25, -0.2) is 0 Å². The fourth-order valence-electron chi connectivity index (χ4n) is 2.76. The van der Waals surface area contributed by atoms with Crippen molar-refractivity contribution in [2.75, 3.05) is 5.32 Å². The Hall–Kier alpha value is -4.05. The SMILES string of the molecule is N#CCn1ccc(NC(=O)c2ccc(COc3ccc4ccccc4c3)o2)n1. The first-order valence-electron chi connectivity index (χ1n) is 8.63. The Morgan fingerprint density at radius 1 is 1.14 bits per heavy atom. The van der Waals surface area contributed by atoms with Crippen LogP contribution in [0, 0.1) is 11.3 Å². The Bertz CT molecular complexity index is 1170. The molecule has 0 unspecified atom stereocenters. The number of benzene rings is 2. The first kappa shape index (κ1) is 17.4. The molecule has 4 aromatic rings. The molecule has 0 aliphatic carbocycles. The summed E-state index contributed by atoms with van der Waals surface area (Å²) in [4.78, 5) is 12.3. The Morgan fingerprint density at radius 2 is 2.00 bits per heavy atom. The zero-order valence-electron chi connectivity index (χ0n) is 14.8. The van der Waals surface area contributed by atoms with Crippen LogP contribution in [-0.2, 0) is 13.2 Å². The number of furan rings is 1. The molecular weight excluding hydrogens is 356 g/mol. The highest BCUT2D eigenvalue weighted by Gasteiger charge is 2.13. The van der Waals surface area contributed by atoms with Gasteiger partial charge < -0.3 is 14.5 Å². The summed E-state index contributed by atoms with van der Waals surface area (Å²) < 4.78 is 12.8. The minimum absolute atomic E-state index is 0.118. The molecule has 0 saturated heterocycles. The largest absolute Gasteiger partial charge is 0.486 e. The van der Waals surface area contributed by atoms with E-state index >= 15 is 0 Å². The lowest BCUT2D eigenvalue weighted by molar-refractivity contribution is 0.0992. The van der Waals surface area contributed by atoms with Gasteiger partial charge in [0, 0.05) is 12.3 Å². The third kappa shape index (κ3) is 3.86. The van der Waals surface area contributed by atoms with Crippen LogP contribution in [0.25, 0.3) is 10.8 Å². The highest BCUT2D eigenvalue weighted by molar-refractivity contribution is 6.01. The van der Waals surface area contributed by atoms with E-state index in [-0.39, 0.29) is 18.9 Å². The van der Waals surface area contributed by atoms with E-state index < -0.39 is 5.91 Å². The maximum atomic E-state index is 12.3. The second kappa shape index (κ2) is 7.68. The molecule has 4 rings (SSSR count). The number of carbonyl (C=O) groups excluding carboxylic acids is 1. The van der Waals surface area contributed by atoms with Gasteiger partial charge in [-0.05, 0) is 35.0 Å². The third-order valence-corrected chi connectivity index (χ3v) is 4.10. The van der Waals surface area contributed by atoms with Crippen LogP contribution in [0.2, 0.25) is 0 Å². The maximum absolute atomic E-state index is 12.3. The molecular formula is C21H16N4O3. The van der Waals surface area contributed by atoms with E-state index in [0.29, 0.717) is 11.6 Å². The number of carbonyl (C=O) groups is 1. The molecule has 28 heavy (non-hydrogen) atoms. The predicted molar refractivity (Wildman–Crippen MR) is 103 cm³/mol. The second-order valence-electron chi connectivity index (χ2n) is 6.07. The van der Waals surface area contributed by atoms with E-state index in [4.69, 9.17) is 14.4 Å². The number of nitrogens with zero attached hydrogens (tertiary/aromatic N) is 3. The number of amides is 1.